The van der Waals surface area contributed by atoms with E-state index in [1.807, 2.05) is 55.5 Å². The molecule has 1 atom stereocenters. The Morgan fingerprint density at radius 1 is 0.755 bits per heavy atom. The van der Waals surface area contributed by atoms with Gasteiger partial charge in [0.1, 0.15) is 23.1 Å². The summed E-state index contributed by atoms with van der Waals surface area (Å²) in [5.41, 5.74) is 8.38. The summed E-state index contributed by atoms with van der Waals surface area (Å²) >= 11 is 0. The Kier molecular flexibility index (Phi) is 7.44. The van der Waals surface area contributed by atoms with Gasteiger partial charge in [-0.1, -0.05) is 106 Å². The molecule has 6 aromatic rings. The highest BCUT2D eigenvalue weighted by Crippen LogP contribution is 2.58. The van der Waals surface area contributed by atoms with E-state index in [-0.39, 0.29) is 11.6 Å². The standard InChI is InChI=1S/C45H38F2O2/c1-5-6-25-48-33-19-15-31(16-20-33)45(30-13-17-32(46)18-14-30)24-23-38-42-41(35-9-7-8-10-36(35)43(38)49-45)37-22-12-29(27-39(37)44(42,3)4)34-21-11-28(2)26-40(34)47/h7-24,26-27H,5-6,25H2,1-4H3. The van der Waals surface area contributed by atoms with Gasteiger partial charge in [0.15, 0.2) is 5.60 Å². The number of aryl methyl sites for hydroxylation is 1. The molecule has 0 radical (unpaired) electrons. The molecule has 6 aromatic carbocycles. The van der Waals surface area contributed by atoms with Gasteiger partial charge in [-0.2, -0.15) is 0 Å². The summed E-state index contributed by atoms with van der Waals surface area (Å²) in [5, 5.41) is 2.10. The largest absolute Gasteiger partial charge is 0.494 e. The van der Waals surface area contributed by atoms with E-state index in [0.717, 1.165) is 74.1 Å². The van der Waals surface area contributed by atoms with Crippen molar-refractivity contribution in [3.63, 3.8) is 0 Å². The fourth-order valence-electron chi connectivity index (χ4n) is 7.76. The van der Waals surface area contributed by atoms with E-state index in [1.54, 1.807) is 18.2 Å². The van der Waals surface area contributed by atoms with Crippen LogP contribution in [0.4, 0.5) is 8.78 Å². The summed E-state index contributed by atoms with van der Waals surface area (Å²) in [4.78, 5) is 0. The van der Waals surface area contributed by atoms with Crippen LogP contribution in [0, 0.1) is 18.6 Å². The normalized spacial score (nSPS) is 16.9. The van der Waals surface area contributed by atoms with Gasteiger partial charge in [-0.25, -0.2) is 8.78 Å². The van der Waals surface area contributed by atoms with E-state index in [4.69, 9.17) is 9.47 Å². The first-order valence-corrected chi connectivity index (χ1v) is 17.1. The Hall–Kier alpha value is -5.22. The highest BCUT2D eigenvalue weighted by Gasteiger charge is 2.44. The van der Waals surface area contributed by atoms with Crippen molar-refractivity contribution in [2.24, 2.45) is 0 Å². The molecule has 4 heteroatoms. The van der Waals surface area contributed by atoms with Crippen molar-refractivity contribution in [3.05, 3.63) is 160 Å². The van der Waals surface area contributed by atoms with Gasteiger partial charge in [0.2, 0.25) is 0 Å². The fraction of sp³-hybridized carbons (Fsp3) is 0.200. The fourth-order valence-corrected chi connectivity index (χ4v) is 7.76. The van der Waals surface area contributed by atoms with Crippen LogP contribution in [0.15, 0.2) is 115 Å². The quantitative estimate of drug-likeness (QED) is 0.160. The summed E-state index contributed by atoms with van der Waals surface area (Å²) in [6.07, 6.45) is 6.35. The van der Waals surface area contributed by atoms with E-state index < -0.39 is 11.0 Å². The van der Waals surface area contributed by atoms with Gasteiger partial charge in [0, 0.05) is 33.1 Å². The Labute approximate surface area is 286 Å². The van der Waals surface area contributed by atoms with Gasteiger partial charge in [-0.3, -0.25) is 0 Å². The summed E-state index contributed by atoms with van der Waals surface area (Å²) < 4.78 is 42.8. The van der Waals surface area contributed by atoms with Crippen molar-refractivity contribution < 1.29 is 18.3 Å². The zero-order valence-corrected chi connectivity index (χ0v) is 28.2. The highest BCUT2D eigenvalue weighted by atomic mass is 19.1. The number of hydrogen-bond donors (Lipinski definition) is 0. The lowest BCUT2D eigenvalue weighted by Gasteiger charge is -2.38. The van der Waals surface area contributed by atoms with Gasteiger partial charge in [0.25, 0.3) is 0 Å². The van der Waals surface area contributed by atoms with Crippen LogP contribution in [0.2, 0.25) is 0 Å². The molecule has 1 aliphatic carbocycles. The zero-order chi connectivity index (χ0) is 33.9. The second-order valence-electron chi connectivity index (χ2n) is 13.8. The Morgan fingerprint density at radius 3 is 2.16 bits per heavy atom. The minimum atomic E-state index is -1.01. The monoisotopic (exact) mass is 648 g/mol. The number of halogens is 2. The minimum absolute atomic E-state index is 0.217. The first-order chi connectivity index (χ1) is 23.7. The molecule has 0 aromatic heterocycles. The van der Waals surface area contributed by atoms with Crippen LogP contribution < -0.4 is 9.47 Å². The molecule has 0 amide bonds. The highest BCUT2D eigenvalue weighted by molar-refractivity contribution is 6.08. The molecule has 1 unspecified atom stereocenters. The summed E-state index contributed by atoms with van der Waals surface area (Å²) in [6.45, 7) is 9.21. The molecule has 49 heavy (non-hydrogen) atoms. The van der Waals surface area contributed by atoms with Gasteiger partial charge < -0.3 is 9.47 Å². The van der Waals surface area contributed by atoms with Gasteiger partial charge in [-0.05, 0) is 94.6 Å². The first kappa shape index (κ1) is 31.1. The third-order valence-electron chi connectivity index (χ3n) is 10.3. The van der Waals surface area contributed by atoms with Gasteiger partial charge >= 0.3 is 0 Å². The average Bonchev–Trinajstić information content (AvgIpc) is 3.35. The number of fused-ring (bicyclic) bond motifs is 8. The predicted octanol–water partition coefficient (Wildman–Crippen LogP) is 11.9. The van der Waals surface area contributed by atoms with Crippen LogP contribution in [-0.2, 0) is 11.0 Å². The maximum Gasteiger partial charge on any atom is 0.178 e. The van der Waals surface area contributed by atoms with Crippen molar-refractivity contribution >= 4 is 16.8 Å². The lowest BCUT2D eigenvalue weighted by atomic mass is 9.76. The zero-order valence-electron chi connectivity index (χ0n) is 28.2. The molecular formula is C45H38F2O2. The molecule has 0 saturated carbocycles. The third-order valence-corrected chi connectivity index (χ3v) is 10.3. The second-order valence-corrected chi connectivity index (χ2v) is 13.8. The Bertz CT molecular complexity index is 2260. The number of hydrogen-bond acceptors (Lipinski definition) is 2. The maximum absolute atomic E-state index is 15.2. The average molecular weight is 649 g/mol. The summed E-state index contributed by atoms with van der Waals surface area (Å²) in [7, 11) is 0. The molecule has 2 aliphatic rings. The molecule has 244 valence electrons. The molecule has 1 heterocycles. The van der Waals surface area contributed by atoms with Crippen molar-refractivity contribution in [1.82, 2.24) is 0 Å². The topological polar surface area (TPSA) is 18.5 Å². The van der Waals surface area contributed by atoms with E-state index >= 15 is 4.39 Å². The minimum Gasteiger partial charge on any atom is -0.494 e. The lowest BCUT2D eigenvalue weighted by molar-refractivity contribution is 0.163. The molecule has 0 N–H and O–H groups in total. The van der Waals surface area contributed by atoms with Crippen LogP contribution in [0.3, 0.4) is 0 Å². The molecular weight excluding hydrogens is 610 g/mol. The number of unbranched alkanes of at least 4 members (excludes halogenated alkanes) is 1. The predicted molar refractivity (Wildman–Crippen MR) is 195 cm³/mol. The van der Waals surface area contributed by atoms with Crippen LogP contribution in [-0.4, -0.2) is 6.61 Å². The van der Waals surface area contributed by atoms with E-state index in [9.17, 15) is 4.39 Å². The van der Waals surface area contributed by atoms with Crippen LogP contribution in [0.5, 0.6) is 11.5 Å². The molecule has 0 fully saturated rings. The molecule has 1 aliphatic heterocycles. The summed E-state index contributed by atoms with van der Waals surface area (Å²) in [5.74, 6) is 1.07. The first-order valence-electron chi connectivity index (χ1n) is 17.1. The van der Waals surface area contributed by atoms with Crippen LogP contribution >= 0.6 is 0 Å². The van der Waals surface area contributed by atoms with E-state index in [1.165, 1.54) is 23.3 Å². The second kappa shape index (κ2) is 11.7. The Morgan fingerprint density at radius 2 is 1.45 bits per heavy atom. The Balaban J connectivity index is 1.31. The molecule has 0 bridgehead atoms. The summed E-state index contributed by atoms with van der Waals surface area (Å²) in [6, 6.07) is 34.8. The van der Waals surface area contributed by atoms with Crippen LogP contribution in [0.25, 0.3) is 39.1 Å². The van der Waals surface area contributed by atoms with Crippen molar-refractivity contribution in [2.75, 3.05) is 6.61 Å². The molecule has 0 spiro atoms. The van der Waals surface area contributed by atoms with Crippen molar-refractivity contribution in [2.45, 2.75) is 51.6 Å². The lowest BCUT2D eigenvalue weighted by Crippen LogP contribution is -2.35. The third kappa shape index (κ3) is 4.96. The van der Waals surface area contributed by atoms with Gasteiger partial charge in [0.05, 0.1) is 6.61 Å². The van der Waals surface area contributed by atoms with E-state index in [0.29, 0.717) is 12.2 Å². The number of ether oxygens (including phenoxy) is 2. The maximum atomic E-state index is 15.2. The van der Waals surface area contributed by atoms with Gasteiger partial charge in [-0.15, -0.1) is 0 Å². The van der Waals surface area contributed by atoms with Crippen molar-refractivity contribution in [3.8, 4) is 33.8 Å². The SMILES string of the molecule is CCCCOc1ccc(C2(c3ccc(F)cc3)C=Cc3c4c(c5ccccc5c3O2)-c2ccc(-c3ccc(C)cc3F)cc2C4(C)C)cc1. The van der Waals surface area contributed by atoms with E-state index in [2.05, 4.69) is 63.3 Å². The molecule has 0 saturated heterocycles. The van der Waals surface area contributed by atoms with Crippen molar-refractivity contribution in [1.29, 1.82) is 0 Å². The van der Waals surface area contributed by atoms with Crippen LogP contribution in [0.1, 0.15) is 67.0 Å². The molecule has 2 nitrogen and oxygen atoms in total. The number of benzene rings is 6. The smallest absolute Gasteiger partial charge is 0.178 e. The molecule has 8 rings (SSSR count). The number of rotatable bonds is 7.